The van der Waals surface area contributed by atoms with E-state index in [4.69, 9.17) is 4.74 Å². The number of phenols is 2. The van der Waals surface area contributed by atoms with Crippen LogP contribution in [0.25, 0.3) is 44.3 Å². The average Bonchev–Trinajstić information content (AvgIpc) is 2.76. The molecule has 6 heteroatoms. The molecule has 5 aromatic rings. The number of fused-ring (bicyclic) bond motifs is 2. The third kappa shape index (κ3) is 3.78. The Labute approximate surface area is 184 Å². The Morgan fingerprint density at radius 1 is 0.688 bits per heavy atom. The Kier molecular flexibility index (Phi) is 4.82. The van der Waals surface area contributed by atoms with E-state index in [1.54, 1.807) is 6.07 Å². The fourth-order valence-electron chi connectivity index (χ4n) is 3.66. The predicted molar refractivity (Wildman–Crippen MR) is 125 cm³/mol. The number of aromatic hydroxyl groups is 2. The van der Waals surface area contributed by atoms with Crippen LogP contribution in [0, 0.1) is 0 Å². The lowest BCUT2D eigenvalue weighted by Gasteiger charge is -2.12. The van der Waals surface area contributed by atoms with Gasteiger partial charge in [-0.15, -0.1) is 0 Å². The third-order valence-corrected chi connectivity index (χ3v) is 5.14. The number of rotatable bonds is 4. The fraction of sp³-hybridized carbons (Fsp3) is 0.115. The molecule has 0 saturated heterocycles. The minimum absolute atomic E-state index is 0.0408. The molecule has 158 valence electrons. The van der Waals surface area contributed by atoms with Crippen LogP contribution >= 0.6 is 0 Å². The van der Waals surface area contributed by atoms with Crippen molar-refractivity contribution in [1.82, 2.24) is 15.0 Å². The van der Waals surface area contributed by atoms with Gasteiger partial charge in [0, 0.05) is 11.6 Å². The topological polar surface area (TPSA) is 88.4 Å². The Bertz CT molecular complexity index is 1460. The summed E-state index contributed by atoms with van der Waals surface area (Å²) in [4.78, 5) is 13.5. The van der Waals surface area contributed by atoms with Gasteiger partial charge in [0.2, 0.25) is 0 Å². The van der Waals surface area contributed by atoms with Gasteiger partial charge in [0.1, 0.15) is 11.5 Å². The molecule has 0 spiro atoms. The minimum atomic E-state index is -0.130. The lowest BCUT2D eigenvalue weighted by Crippen LogP contribution is -2.10. The highest BCUT2D eigenvalue weighted by atomic mass is 16.5. The highest BCUT2D eigenvalue weighted by Gasteiger charge is 2.16. The molecule has 2 N–H and O–H groups in total. The van der Waals surface area contributed by atoms with Gasteiger partial charge in [0.25, 0.3) is 0 Å². The first kappa shape index (κ1) is 19.8. The largest absolute Gasteiger partial charge is 0.508 e. The van der Waals surface area contributed by atoms with Crippen molar-refractivity contribution in [2.75, 3.05) is 0 Å². The maximum Gasteiger partial charge on any atom is 0.320 e. The van der Waals surface area contributed by atoms with Crippen molar-refractivity contribution in [2.24, 2.45) is 0 Å². The smallest absolute Gasteiger partial charge is 0.320 e. The summed E-state index contributed by atoms with van der Waals surface area (Å²) in [6.07, 6.45) is -0.130. The Hall–Kier alpha value is -4.19. The van der Waals surface area contributed by atoms with Gasteiger partial charge < -0.3 is 14.9 Å². The van der Waals surface area contributed by atoms with Crippen molar-refractivity contribution in [2.45, 2.75) is 20.0 Å². The maximum atomic E-state index is 10.3. The Morgan fingerprint density at radius 3 is 2.09 bits per heavy atom. The SMILES string of the molecule is CC(C)Oc1nc(-c2ccc3cc4ccccc4cc3c2)nc(-c2ccc(O)cc2O)n1. The summed E-state index contributed by atoms with van der Waals surface area (Å²) in [5.74, 6) is 0.540. The predicted octanol–water partition coefficient (Wildman–Crippen LogP) is 5.71. The van der Waals surface area contributed by atoms with E-state index in [2.05, 4.69) is 39.2 Å². The van der Waals surface area contributed by atoms with Gasteiger partial charge in [-0.1, -0.05) is 36.4 Å². The highest BCUT2D eigenvalue weighted by molar-refractivity contribution is 5.99. The van der Waals surface area contributed by atoms with E-state index in [1.807, 2.05) is 44.2 Å². The van der Waals surface area contributed by atoms with Crippen LogP contribution < -0.4 is 4.74 Å². The van der Waals surface area contributed by atoms with E-state index in [0.717, 1.165) is 21.7 Å². The highest BCUT2D eigenvalue weighted by Crippen LogP contribution is 2.33. The third-order valence-electron chi connectivity index (χ3n) is 5.14. The maximum absolute atomic E-state index is 10.3. The number of aromatic nitrogens is 3. The number of nitrogens with zero attached hydrogens (tertiary/aromatic N) is 3. The summed E-state index contributed by atoms with van der Waals surface area (Å²) in [6, 6.07) is 23.1. The molecule has 0 unspecified atom stereocenters. The second kappa shape index (κ2) is 7.81. The van der Waals surface area contributed by atoms with Crippen molar-refractivity contribution < 1.29 is 14.9 Å². The average molecular weight is 423 g/mol. The summed E-state index contributed by atoms with van der Waals surface area (Å²) in [5.41, 5.74) is 1.19. The number of hydrogen-bond acceptors (Lipinski definition) is 6. The Balaban J connectivity index is 1.67. The molecule has 0 aliphatic rings. The minimum Gasteiger partial charge on any atom is -0.508 e. The molecule has 0 aliphatic carbocycles. The molecular weight excluding hydrogens is 402 g/mol. The molecule has 4 aromatic carbocycles. The van der Waals surface area contributed by atoms with Gasteiger partial charge in [-0.3, -0.25) is 0 Å². The van der Waals surface area contributed by atoms with Crippen molar-refractivity contribution in [3.05, 3.63) is 72.8 Å². The van der Waals surface area contributed by atoms with E-state index >= 15 is 0 Å². The molecule has 1 heterocycles. The summed E-state index contributed by atoms with van der Waals surface area (Å²) in [5, 5.41) is 24.5. The number of benzene rings is 4. The van der Waals surface area contributed by atoms with Gasteiger partial charge in [-0.25, -0.2) is 4.98 Å². The molecule has 32 heavy (non-hydrogen) atoms. The first-order valence-electron chi connectivity index (χ1n) is 10.3. The zero-order chi connectivity index (χ0) is 22.2. The quantitative estimate of drug-likeness (QED) is 0.360. The van der Waals surface area contributed by atoms with Crippen LogP contribution in [0.4, 0.5) is 0 Å². The van der Waals surface area contributed by atoms with Crippen molar-refractivity contribution in [3.8, 4) is 40.3 Å². The summed E-state index contributed by atoms with van der Waals surface area (Å²) < 4.78 is 5.75. The summed E-state index contributed by atoms with van der Waals surface area (Å²) in [6.45, 7) is 3.78. The molecule has 5 rings (SSSR count). The molecule has 6 nitrogen and oxygen atoms in total. The van der Waals surface area contributed by atoms with Crippen LogP contribution in [-0.4, -0.2) is 31.3 Å². The van der Waals surface area contributed by atoms with Gasteiger partial charge in [0.15, 0.2) is 11.6 Å². The molecule has 0 amide bonds. The monoisotopic (exact) mass is 423 g/mol. The van der Waals surface area contributed by atoms with Crippen molar-refractivity contribution in [1.29, 1.82) is 0 Å². The first-order valence-corrected chi connectivity index (χ1v) is 10.3. The van der Waals surface area contributed by atoms with Crippen LogP contribution in [-0.2, 0) is 0 Å². The van der Waals surface area contributed by atoms with Crippen molar-refractivity contribution in [3.63, 3.8) is 0 Å². The van der Waals surface area contributed by atoms with Gasteiger partial charge >= 0.3 is 6.01 Å². The molecule has 0 atom stereocenters. The van der Waals surface area contributed by atoms with Gasteiger partial charge in [0.05, 0.1) is 11.7 Å². The second-order valence-electron chi connectivity index (χ2n) is 7.89. The molecule has 1 aromatic heterocycles. The lowest BCUT2D eigenvalue weighted by atomic mass is 10.0. The van der Waals surface area contributed by atoms with Gasteiger partial charge in [-0.05, 0) is 65.7 Å². The molecule has 0 radical (unpaired) electrons. The van der Waals surface area contributed by atoms with Crippen LogP contribution in [0.15, 0.2) is 72.8 Å². The first-order chi connectivity index (χ1) is 15.5. The van der Waals surface area contributed by atoms with E-state index in [0.29, 0.717) is 11.4 Å². The molecule has 0 fully saturated rings. The number of phenolic OH excluding ortho intramolecular Hbond substituents is 2. The lowest BCUT2D eigenvalue weighted by molar-refractivity contribution is 0.222. The second-order valence-corrected chi connectivity index (χ2v) is 7.89. The summed E-state index contributed by atoms with van der Waals surface area (Å²) in [7, 11) is 0. The van der Waals surface area contributed by atoms with E-state index < -0.39 is 0 Å². The molecular formula is C26H21N3O3. The van der Waals surface area contributed by atoms with Crippen LogP contribution in [0.3, 0.4) is 0 Å². The number of hydrogen-bond donors (Lipinski definition) is 2. The fourth-order valence-corrected chi connectivity index (χ4v) is 3.66. The van der Waals surface area contributed by atoms with E-state index in [9.17, 15) is 10.2 Å². The number of ether oxygens (including phenoxy) is 1. The molecule has 0 bridgehead atoms. The normalized spacial score (nSPS) is 11.3. The summed E-state index contributed by atoms with van der Waals surface area (Å²) >= 11 is 0. The zero-order valence-corrected chi connectivity index (χ0v) is 17.6. The van der Waals surface area contributed by atoms with Crippen LogP contribution in [0.1, 0.15) is 13.8 Å². The van der Waals surface area contributed by atoms with Crippen LogP contribution in [0.5, 0.6) is 17.5 Å². The Morgan fingerprint density at radius 2 is 1.38 bits per heavy atom. The zero-order valence-electron chi connectivity index (χ0n) is 17.6. The molecule has 0 saturated carbocycles. The van der Waals surface area contributed by atoms with Gasteiger partial charge in [-0.2, -0.15) is 9.97 Å². The standard InChI is InChI=1S/C26H21N3O3/c1-15(2)32-26-28-24(27-25(29-26)22-10-9-21(30)14-23(22)31)19-8-7-18-11-16-5-3-4-6-17(16)12-20(18)13-19/h3-15,30-31H,1-2H3. The molecule has 0 aliphatic heterocycles. The van der Waals surface area contributed by atoms with Crippen molar-refractivity contribution >= 4 is 21.5 Å². The van der Waals surface area contributed by atoms with Crippen LogP contribution in [0.2, 0.25) is 0 Å². The van der Waals surface area contributed by atoms with E-state index in [-0.39, 0.29) is 29.4 Å². The van der Waals surface area contributed by atoms with E-state index in [1.165, 1.54) is 17.5 Å².